The predicted molar refractivity (Wildman–Crippen MR) is 63.3 cm³/mol. The number of thioether (sulfide) groups is 2. The quantitative estimate of drug-likeness (QED) is 0.633. The molecule has 76 valence electrons. The molecule has 0 bridgehead atoms. The maximum atomic E-state index is 2.49. The van der Waals surface area contributed by atoms with Crippen LogP contribution in [-0.2, 0) is 32.7 Å². The van der Waals surface area contributed by atoms with Gasteiger partial charge in [-0.15, -0.1) is 6.04 Å². The summed E-state index contributed by atoms with van der Waals surface area (Å²) in [6.07, 6.45) is 1.39. The van der Waals surface area contributed by atoms with Crippen LogP contribution >= 0.6 is 23.5 Å². The predicted octanol–water partition coefficient (Wildman–Crippen LogP) is 2.48. The summed E-state index contributed by atoms with van der Waals surface area (Å²) < 4.78 is 0.451. The molecule has 2 aliphatic heterocycles. The minimum Gasteiger partial charge on any atom is -0.333 e. The summed E-state index contributed by atoms with van der Waals surface area (Å²) in [5.74, 6) is 4.39. The molecule has 1 unspecified atom stereocenters. The summed E-state index contributed by atoms with van der Waals surface area (Å²) in [6.45, 7) is 5.93. The Kier molecular flexibility index (Phi) is 5.33. The number of hydrogen-bond acceptors (Lipinski definition) is 3. The fourth-order valence-corrected chi connectivity index (χ4v) is 5.77. The Morgan fingerprint density at radius 1 is 1.36 bits per heavy atom. The first-order valence-electron chi connectivity index (χ1n) is 4.98. The van der Waals surface area contributed by atoms with E-state index in [2.05, 4.69) is 49.3 Å². The van der Waals surface area contributed by atoms with Crippen molar-refractivity contribution in [2.45, 2.75) is 30.4 Å². The Hall–Kier alpha value is 1.76. The molecule has 1 nitrogen and oxygen atoms in total. The molecule has 14 heavy (non-hydrogen) atoms. The second kappa shape index (κ2) is 5.40. The molecule has 0 aromatic rings. The summed E-state index contributed by atoms with van der Waals surface area (Å²) in [5, 5.41) is 0. The fourth-order valence-electron chi connectivity index (χ4n) is 2.13. The summed E-state index contributed by atoms with van der Waals surface area (Å²) in [7, 11) is 2.25. The van der Waals surface area contributed by atoms with Crippen LogP contribution in [0.5, 0.6) is 0 Å². The van der Waals surface area contributed by atoms with E-state index in [0.717, 1.165) is 0 Å². The minimum absolute atomic E-state index is 0. The number of hydrogen-bond donors (Lipinski definition) is 0. The van der Waals surface area contributed by atoms with Crippen molar-refractivity contribution < 1.29 is 32.7 Å². The van der Waals surface area contributed by atoms with Gasteiger partial charge in [0.2, 0.25) is 0 Å². The first-order valence-corrected chi connectivity index (χ1v) is 6.95. The van der Waals surface area contributed by atoms with Gasteiger partial charge in [-0.1, -0.05) is 6.92 Å². The largest absolute Gasteiger partial charge is 3.00 e. The standard InChI is InChI=1S/C10H18NS2.Y/c1-8-9(2)11(3)7-10(8)12-5-4-6-13-10;/h9H,4-7H2,1-3H3;/q-1;+3. The number of rotatable bonds is 0. The maximum Gasteiger partial charge on any atom is 3.00 e. The average molecular weight is 305 g/mol. The van der Waals surface area contributed by atoms with Crippen LogP contribution in [0.4, 0.5) is 0 Å². The molecule has 0 radical (unpaired) electrons. The van der Waals surface area contributed by atoms with Crippen LogP contribution in [0.3, 0.4) is 0 Å². The van der Waals surface area contributed by atoms with Gasteiger partial charge < -0.3 is 4.90 Å². The molecule has 2 fully saturated rings. The SMILES string of the molecule is C[C-]1C(C)N(C)CC12SCCCS2.[Y+3]. The van der Waals surface area contributed by atoms with Crippen LogP contribution < -0.4 is 0 Å². The number of nitrogens with zero attached hydrogens (tertiary/aromatic N) is 1. The van der Waals surface area contributed by atoms with E-state index >= 15 is 0 Å². The zero-order valence-electron chi connectivity index (χ0n) is 9.25. The molecular weight excluding hydrogens is 287 g/mol. The van der Waals surface area contributed by atoms with Crippen LogP contribution in [0.1, 0.15) is 20.3 Å². The van der Waals surface area contributed by atoms with Crippen LogP contribution in [0.15, 0.2) is 0 Å². The molecule has 0 amide bonds. The topological polar surface area (TPSA) is 3.24 Å². The van der Waals surface area contributed by atoms with E-state index in [1.165, 1.54) is 24.5 Å². The van der Waals surface area contributed by atoms with Gasteiger partial charge in [-0.25, -0.2) is 0 Å². The van der Waals surface area contributed by atoms with Crippen molar-refractivity contribution in [1.29, 1.82) is 0 Å². The van der Waals surface area contributed by atoms with E-state index in [-0.39, 0.29) is 32.7 Å². The molecule has 2 saturated heterocycles. The van der Waals surface area contributed by atoms with Crippen molar-refractivity contribution in [3.05, 3.63) is 5.92 Å². The second-order valence-corrected chi connectivity index (χ2v) is 7.12. The summed E-state index contributed by atoms with van der Waals surface area (Å²) in [5.41, 5.74) is 0. The molecule has 0 aromatic carbocycles. The van der Waals surface area contributed by atoms with Gasteiger partial charge in [0.25, 0.3) is 0 Å². The Labute approximate surface area is 121 Å². The molecule has 2 aliphatic rings. The molecule has 0 N–H and O–H groups in total. The fraction of sp³-hybridized carbons (Fsp3) is 0.900. The van der Waals surface area contributed by atoms with Gasteiger partial charge in [-0.2, -0.15) is 30.4 Å². The Balaban J connectivity index is 0.000000980. The van der Waals surface area contributed by atoms with Crippen molar-refractivity contribution in [3.63, 3.8) is 0 Å². The van der Waals surface area contributed by atoms with Crippen molar-refractivity contribution in [2.75, 3.05) is 25.1 Å². The van der Waals surface area contributed by atoms with Gasteiger partial charge in [0.1, 0.15) is 0 Å². The van der Waals surface area contributed by atoms with E-state index in [4.69, 9.17) is 0 Å². The zero-order chi connectivity index (χ0) is 9.47. The summed E-state index contributed by atoms with van der Waals surface area (Å²) >= 11 is 4.35. The third-order valence-corrected chi connectivity index (χ3v) is 6.83. The third kappa shape index (κ3) is 2.37. The van der Waals surface area contributed by atoms with Crippen LogP contribution in [0.25, 0.3) is 0 Å². The van der Waals surface area contributed by atoms with E-state index in [0.29, 0.717) is 10.1 Å². The zero-order valence-corrected chi connectivity index (χ0v) is 13.7. The van der Waals surface area contributed by atoms with Crippen LogP contribution in [0.2, 0.25) is 0 Å². The molecule has 0 aromatic heterocycles. The number of likely N-dealkylation sites (tertiary alicyclic amines) is 1. The molecule has 2 rings (SSSR count). The van der Waals surface area contributed by atoms with E-state index in [9.17, 15) is 0 Å². The average Bonchev–Trinajstić information content (AvgIpc) is 2.33. The molecule has 1 spiro atoms. The Morgan fingerprint density at radius 3 is 2.36 bits per heavy atom. The maximum absolute atomic E-state index is 2.49. The normalized spacial score (nSPS) is 33.2. The van der Waals surface area contributed by atoms with Gasteiger partial charge >= 0.3 is 32.7 Å². The third-order valence-electron chi connectivity index (χ3n) is 3.31. The van der Waals surface area contributed by atoms with Crippen LogP contribution in [0, 0.1) is 5.92 Å². The molecular formula is C10H18NS2Y+2. The van der Waals surface area contributed by atoms with Crippen molar-refractivity contribution >= 4 is 23.5 Å². The van der Waals surface area contributed by atoms with Crippen molar-refractivity contribution in [2.24, 2.45) is 0 Å². The minimum atomic E-state index is 0. The summed E-state index contributed by atoms with van der Waals surface area (Å²) in [4.78, 5) is 2.49. The molecule has 0 saturated carbocycles. The first-order chi connectivity index (χ1) is 6.16. The van der Waals surface area contributed by atoms with Gasteiger partial charge in [-0.05, 0) is 35.6 Å². The van der Waals surface area contributed by atoms with Gasteiger partial charge in [-0.3, -0.25) is 5.92 Å². The van der Waals surface area contributed by atoms with Gasteiger partial charge in [0.15, 0.2) is 0 Å². The van der Waals surface area contributed by atoms with E-state index < -0.39 is 0 Å². The molecule has 2 heterocycles. The first kappa shape index (κ1) is 13.8. The van der Waals surface area contributed by atoms with Gasteiger partial charge in [0, 0.05) is 0 Å². The molecule has 1 atom stereocenters. The van der Waals surface area contributed by atoms with E-state index in [1.54, 1.807) is 5.92 Å². The monoisotopic (exact) mass is 305 g/mol. The van der Waals surface area contributed by atoms with E-state index in [1.807, 2.05) is 0 Å². The smallest absolute Gasteiger partial charge is 0.333 e. The van der Waals surface area contributed by atoms with Crippen LogP contribution in [-0.4, -0.2) is 40.1 Å². The van der Waals surface area contributed by atoms with Gasteiger partial charge in [0.05, 0.1) is 0 Å². The Bertz CT molecular complexity index is 195. The molecule has 0 aliphatic carbocycles. The second-order valence-electron chi connectivity index (χ2n) is 4.08. The molecule has 4 heteroatoms. The summed E-state index contributed by atoms with van der Waals surface area (Å²) in [6, 6.07) is 0.679. The van der Waals surface area contributed by atoms with Crippen molar-refractivity contribution in [1.82, 2.24) is 4.90 Å². The van der Waals surface area contributed by atoms with Crippen molar-refractivity contribution in [3.8, 4) is 0 Å². The Morgan fingerprint density at radius 2 is 1.93 bits per heavy atom.